The predicted molar refractivity (Wildman–Crippen MR) is 99.5 cm³/mol. The number of hydrogen-bond acceptors (Lipinski definition) is 7. The van der Waals surface area contributed by atoms with Crippen LogP contribution in [-0.4, -0.2) is 65.4 Å². The van der Waals surface area contributed by atoms with Gasteiger partial charge in [-0.2, -0.15) is 0 Å². The highest BCUT2D eigenvalue weighted by molar-refractivity contribution is 5.95. The van der Waals surface area contributed by atoms with E-state index in [1.807, 2.05) is 0 Å². The summed E-state index contributed by atoms with van der Waals surface area (Å²) in [5.41, 5.74) is 16.2. The molecule has 0 aliphatic heterocycles. The SMILES string of the molecule is CC(NC(=O)C(C)NC(=O)C(CC(N)=O)NC(=O)C(N)CCCCN)C(=O)O. The molecule has 0 heterocycles. The van der Waals surface area contributed by atoms with Gasteiger partial charge in [-0.25, -0.2) is 0 Å². The highest BCUT2D eigenvalue weighted by atomic mass is 16.4. The van der Waals surface area contributed by atoms with Crippen molar-refractivity contribution in [1.82, 2.24) is 16.0 Å². The van der Waals surface area contributed by atoms with Gasteiger partial charge in [0.1, 0.15) is 18.1 Å². The van der Waals surface area contributed by atoms with Crippen LogP contribution in [0, 0.1) is 0 Å². The first-order valence-corrected chi connectivity index (χ1v) is 8.87. The molecule has 0 aromatic heterocycles. The van der Waals surface area contributed by atoms with Crippen molar-refractivity contribution in [2.45, 2.75) is 63.7 Å². The fourth-order valence-electron chi connectivity index (χ4n) is 2.11. The maximum atomic E-state index is 12.3. The lowest BCUT2D eigenvalue weighted by Crippen LogP contribution is -2.56. The number of carbonyl (C=O) groups is 5. The molecule has 4 unspecified atom stereocenters. The minimum atomic E-state index is -1.32. The molecule has 0 aliphatic carbocycles. The molecule has 0 spiro atoms. The van der Waals surface area contributed by atoms with Gasteiger partial charge < -0.3 is 38.3 Å². The summed E-state index contributed by atoms with van der Waals surface area (Å²) in [5.74, 6) is -4.30. The minimum Gasteiger partial charge on any atom is -0.480 e. The number of nitrogens with two attached hydrogens (primary N) is 3. The Hall–Kier alpha value is -2.73. The first kappa shape index (κ1) is 25.3. The molecule has 0 aromatic rings. The lowest BCUT2D eigenvalue weighted by atomic mass is 10.1. The van der Waals surface area contributed by atoms with Crippen LogP contribution in [-0.2, 0) is 24.0 Å². The van der Waals surface area contributed by atoms with Gasteiger partial charge in [-0.1, -0.05) is 6.42 Å². The number of amides is 4. The van der Waals surface area contributed by atoms with Gasteiger partial charge in [0.05, 0.1) is 12.5 Å². The summed E-state index contributed by atoms with van der Waals surface area (Å²) in [6, 6.07) is -4.48. The maximum absolute atomic E-state index is 12.3. The third kappa shape index (κ3) is 9.83. The van der Waals surface area contributed by atoms with Crippen molar-refractivity contribution in [2.75, 3.05) is 6.54 Å². The average Bonchev–Trinajstić information content (AvgIpc) is 2.60. The van der Waals surface area contributed by atoms with Crippen LogP contribution in [0.3, 0.4) is 0 Å². The summed E-state index contributed by atoms with van der Waals surface area (Å²) in [7, 11) is 0. The summed E-state index contributed by atoms with van der Waals surface area (Å²) in [5, 5.41) is 15.6. The molecule has 4 amide bonds. The monoisotopic (exact) mass is 402 g/mol. The maximum Gasteiger partial charge on any atom is 0.325 e. The number of carboxylic acids is 1. The van der Waals surface area contributed by atoms with Crippen molar-refractivity contribution in [2.24, 2.45) is 17.2 Å². The number of carbonyl (C=O) groups excluding carboxylic acids is 4. The summed E-state index contributed by atoms with van der Waals surface area (Å²) in [6.07, 6.45) is 1.16. The van der Waals surface area contributed by atoms with Crippen LogP contribution in [0.4, 0.5) is 0 Å². The molecule has 10 N–H and O–H groups in total. The van der Waals surface area contributed by atoms with Gasteiger partial charge in [0.25, 0.3) is 0 Å². The van der Waals surface area contributed by atoms with Crippen molar-refractivity contribution >= 4 is 29.6 Å². The Morgan fingerprint density at radius 2 is 1.46 bits per heavy atom. The molecular weight excluding hydrogens is 372 g/mol. The quantitative estimate of drug-likeness (QED) is 0.156. The average molecular weight is 402 g/mol. The molecule has 160 valence electrons. The van der Waals surface area contributed by atoms with E-state index in [0.717, 1.165) is 0 Å². The van der Waals surface area contributed by atoms with Crippen molar-refractivity contribution in [3.8, 4) is 0 Å². The van der Waals surface area contributed by atoms with E-state index < -0.39 is 60.2 Å². The van der Waals surface area contributed by atoms with Crippen LogP contribution in [0.2, 0.25) is 0 Å². The van der Waals surface area contributed by atoms with Crippen molar-refractivity contribution in [3.05, 3.63) is 0 Å². The lowest BCUT2D eigenvalue weighted by molar-refractivity contribution is -0.141. The fourth-order valence-corrected chi connectivity index (χ4v) is 2.11. The van der Waals surface area contributed by atoms with E-state index in [2.05, 4.69) is 16.0 Å². The van der Waals surface area contributed by atoms with Crippen molar-refractivity contribution in [3.63, 3.8) is 0 Å². The van der Waals surface area contributed by atoms with Gasteiger partial charge in [-0.05, 0) is 33.2 Å². The second-order valence-corrected chi connectivity index (χ2v) is 6.42. The highest BCUT2D eigenvalue weighted by Crippen LogP contribution is 2.01. The third-order valence-electron chi connectivity index (χ3n) is 3.83. The number of aliphatic carboxylic acids is 1. The molecule has 12 heteroatoms. The molecule has 0 saturated carbocycles. The summed E-state index contributed by atoms with van der Waals surface area (Å²) in [6.45, 7) is 3.04. The van der Waals surface area contributed by atoms with Gasteiger partial charge in [-0.3, -0.25) is 24.0 Å². The topological polar surface area (TPSA) is 220 Å². The molecule has 0 aromatic carbocycles. The second kappa shape index (κ2) is 12.6. The van der Waals surface area contributed by atoms with Crippen molar-refractivity contribution < 1.29 is 29.1 Å². The van der Waals surface area contributed by atoms with E-state index in [1.54, 1.807) is 0 Å². The van der Waals surface area contributed by atoms with Crippen LogP contribution >= 0.6 is 0 Å². The van der Waals surface area contributed by atoms with Crippen LogP contribution in [0.5, 0.6) is 0 Å². The van der Waals surface area contributed by atoms with E-state index >= 15 is 0 Å². The van der Waals surface area contributed by atoms with Gasteiger partial charge in [0, 0.05) is 0 Å². The number of carboxylic acid groups (broad SMARTS) is 1. The van der Waals surface area contributed by atoms with E-state index in [9.17, 15) is 24.0 Å². The Balaban J connectivity index is 4.88. The standard InChI is InChI=1S/C16H30N6O6/c1-8(13(24)21-9(2)16(27)28)20-15(26)11(7-12(19)23)22-14(25)10(18)5-3-4-6-17/h8-11H,3-7,17-18H2,1-2H3,(H2,19,23)(H,20,26)(H,21,24)(H,22,25)(H,27,28). The van der Waals surface area contributed by atoms with E-state index in [1.165, 1.54) is 13.8 Å². The van der Waals surface area contributed by atoms with E-state index in [0.29, 0.717) is 25.8 Å². The minimum absolute atomic E-state index is 0.347. The Morgan fingerprint density at radius 3 is 1.96 bits per heavy atom. The molecule has 0 bridgehead atoms. The lowest BCUT2D eigenvalue weighted by Gasteiger charge is -2.22. The molecule has 28 heavy (non-hydrogen) atoms. The number of rotatable bonds is 13. The smallest absolute Gasteiger partial charge is 0.325 e. The normalized spacial score (nSPS) is 14.9. The molecule has 12 nitrogen and oxygen atoms in total. The van der Waals surface area contributed by atoms with Crippen LogP contribution in [0.15, 0.2) is 0 Å². The zero-order valence-electron chi connectivity index (χ0n) is 16.1. The number of nitrogens with one attached hydrogen (secondary N) is 3. The zero-order chi connectivity index (χ0) is 21.9. The summed E-state index contributed by atoms with van der Waals surface area (Å²) >= 11 is 0. The van der Waals surface area contributed by atoms with E-state index in [-0.39, 0.29) is 0 Å². The Bertz CT molecular complexity index is 584. The first-order chi connectivity index (χ1) is 13.0. The molecule has 0 aliphatic rings. The Kier molecular flexibility index (Phi) is 11.4. The highest BCUT2D eigenvalue weighted by Gasteiger charge is 2.28. The number of unbranched alkanes of at least 4 members (excludes halogenated alkanes) is 1. The first-order valence-electron chi connectivity index (χ1n) is 8.87. The molecular formula is C16H30N6O6. The largest absolute Gasteiger partial charge is 0.480 e. The van der Waals surface area contributed by atoms with Crippen molar-refractivity contribution in [1.29, 1.82) is 0 Å². The molecule has 0 rings (SSSR count). The number of primary amides is 1. The third-order valence-corrected chi connectivity index (χ3v) is 3.83. The Morgan fingerprint density at radius 1 is 0.893 bits per heavy atom. The van der Waals surface area contributed by atoms with Gasteiger partial charge >= 0.3 is 5.97 Å². The molecule has 0 radical (unpaired) electrons. The fraction of sp³-hybridized carbons (Fsp3) is 0.688. The van der Waals surface area contributed by atoms with Crippen LogP contribution < -0.4 is 33.2 Å². The second-order valence-electron chi connectivity index (χ2n) is 6.42. The molecule has 0 fully saturated rings. The molecule has 4 atom stereocenters. The Labute approximate surface area is 162 Å². The van der Waals surface area contributed by atoms with Gasteiger partial charge in [0.2, 0.25) is 23.6 Å². The summed E-state index contributed by atoms with van der Waals surface area (Å²) < 4.78 is 0. The van der Waals surface area contributed by atoms with Crippen LogP contribution in [0.1, 0.15) is 39.5 Å². The number of hydrogen-bond donors (Lipinski definition) is 7. The van der Waals surface area contributed by atoms with E-state index in [4.69, 9.17) is 22.3 Å². The molecule has 0 saturated heterocycles. The predicted octanol–water partition coefficient (Wildman–Crippen LogP) is -3.10. The summed E-state index contributed by atoms with van der Waals surface area (Å²) in [4.78, 5) is 58.4. The van der Waals surface area contributed by atoms with Crippen LogP contribution in [0.25, 0.3) is 0 Å². The van der Waals surface area contributed by atoms with Gasteiger partial charge in [-0.15, -0.1) is 0 Å². The van der Waals surface area contributed by atoms with Gasteiger partial charge in [0.15, 0.2) is 0 Å². The zero-order valence-corrected chi connectivity index (χ0v) is 16.1.